The summed E-state index contributed by atoms with van der Waals surface area (Å²) in [6.07, 6.45) is 19.2. The number of unbranched alkanes of at least 4 members (excludes halogenated alkanes) is 12. The molecular formula is C19H40N2O. The molecule has 0 heterocycles. The standard InChI is InChI=1S/C19H40N2O/c1-2-3-4-5-6-7-8-9-10-11-14-17-21-18-15-12-13-16-19(20)22/h21H,2-18H2,1H3,(H2,20,22). The van der Waals surface area contributed by atoms with E-state index in [4.69, 9.17) is 5.73 Å². The molecule has 1 amide bonds. The molecule has 0 aromatic rings. The number of hydrogen-bond acceptors (Lipinski definition) is 2. The van der Waals surface area contributed by atoms with E-state index in [9.17, 15) is 4.79 Å². The normalized spacial score (nSPS) is 11.0. The molecule has 3 nitrogen and oxygen atoms in total. The first kappa shape index (κ1) is 21.4. The molecule has 0 aliphatic carbocycles. The van der Waals surface area contributed by atoms with Crippen LogP contribution in [0.3, 0.4) is 0 Å². The van der Waals surface area contributed by atoms with Gasteiger partial charge in [-0.05, 0) is 32.4 Å². The van der Waals surface area contributed by atoms with Crippen LogP contribution in [0.4, 0.5) is 0 Å². The topological polar surface area (TPSA) is 55.1 Å². The summed E-state index contributed by atoms with van der Waals surface area (Å²) in [5, 5.41) is 3.49. The highest BCUT2D eigenvalue weighted by Gasteiger charge is 1.95. The van der Waals surface area contributed by atoms with Crippen molar-refractivity contribution in [3.05, 3.63) is 0 Å². The Balaban J connectivity index is 2.95. The zero-order valence-corrected chi connectivity index (χ0v) is 15.0. The third-order valence-electron chi connectivity index (χ3n) is 4.23. The highest BCUT2D eigenvalue weighted by atomic mass is 16.1. The minimum atomic E-state index is -0.172. The first-order valence-electron chi connectivity index (χ1n) is 9.76. The fourth-order valence-electron chi connectivity index (χ4n) is 2.77. The Morgan fingerprint density at radius 1 is 0.682 bits per heavy atom. The predicted octanol–water partition coefficient (Wildman–Crippen LogP) is 4.93. The van der Waals surface area contributed by atoms with Crippen molar-refractivity contribution in [2.75, 3.05) is 13.1 Å². The van der Waals surface area contributed by atoms with E-state index in [1.807, 2.05) is 0 Å². The van der Waals surface area contributed by atoms with Gasteiger partial charge in [-0.3, -0.25) is 4.79 Å². The van der Waals surface area contributed by atoms with E-state index in [-0.39, 0.29) is 5.91 Å². The third kappa shape index (κ3) is 19.4. The van der Waals surface area contributed by atoms with Crippen LogP contribution in [0.5, 0.6) is 0 Å². The van der Waals surface area contributed by atoms with Gasteiger partial charge in [0.25, 0.3) is 0 Å². The number of rotatable bonds is 18. The van der Waals surface area contributed by atoms with E-state index in [0.717, 1.165) is 32.4 Å². The second-order valence-electron chi connectivity index (χ2n) is 6.56. The molecule has 0 bridgehead atoms. The fraction of sp³-hybridized carbons (Fsp3) is 0.947. The van der Waals surface area contributed by atoms with Gasteiger partial charge in [0.15, 0.2) is 0 Å². The quantitative estimate of drug-likeness (QED) is 0.352. The largest absolute Gasteiger partial charge is 0.370 e. The maximum atomic E-state index is 10.6. The van der Waals surface area contributed by atoms with Crippen LogP contribution in [0, 0.1) is 0 Å². The second-order valence-corrected chi connectivity index (χ2v) is 6.56. The average molecular weight is 313 g/mol. The maximum Gasteiger partial charge on any atom is 0.217 e. The Labute approximate surface area is 138 Å². The van der Waals surface area contributed by atoms with Crippen molar-refractivity contribution in [2.24, 2.45) is 5.73 Å². The summed E-state index contributed by atoms with van der Waals surface area (Å²) < 4.78 is 0. The molecule has 3 heteroatoms. The first-order valence-corrected chi connectivity index (χ1v) is 9.76. The number of carbonyl (C=O) groups excluding carboxylic acids is 1. The fourth-order valence-corrected chi connectivity index (χ4v) is 2.77. The Kier molecular flexibility index (Phi) is 18.0. The molecule has 0 aliphatic heterocycles. The molecule has 132 valence electrons. The molecule has 0 radical (unpaired) electrons. The first-order chi connectivity index (χ1) is 10.8. The Hall–Kier alpha value is -0.570. The summed E-state index contributed by atoms with van der Waals surface area (Å²) in [6.45, 7) is 4.50. The van der Waals surface area contributed by atoms with Crippen LogP contribution in [0.2, 0.25) is 0 Å². The molecule has 3 N–H and O–H groups in total. The highest BCUT2D eigenvalue weighted by molar-refractivity contribution is 5.73. The minimum Gasteiger partial charge on any atom is -0.370 e. The van der Waals surface area contributed by atoms with Crippen LogP contribution in [0.1, 0.15) is 103 Å². The Bertz CT molecular complexity index is 231. The van der Waals surface area contributed by atoms with Crippen molar-refractivity contribution in [1.82, 2.24) is 5.32 Å². The van der Waals surface area contributed by atoms with Gasteiger partial charge in [-0.1, -0.05) is 77.6 Å². The lowest BCUT2D eigenvalue weighted by molar-refractivity contribution is -0.118. The average Bonchev–Trinajstić information content (AvgIpc) is 2.50. The molecule has 0 aliphatic rings. The molecule has 0 saturated heterocycles. The molecule has 22 heavy (non-hydrogen) atoms. The van der Waals surface area contributed by atoms with Crippen molar-refractivity contribution in [1.29, 1.82) is 0 Å². The number of nitrogens with one attached hydrogen (secondary N) is 1. The van der Waals surface area contributed by atoms with E-state index in [1.54, 1.807) is 0 Å². The smallest absolute Gasteiger partial charge is 0.217 e. The van der Waals surface area contributed by atoms with Gasteiger partial charge < -0.3 is 11.1 Å². The van der Waals surface area contributed by atoms with Crippen molar-refractivity contribution < 1.29 is 4.79 Å². The predicted molar refractivity (Wildman–Crippen MR) is 97.0 cm³/mol. The van der Waals surface area contributed by atoms with Gasteiger partial charge in [-0.15, -0.1) is 0 Å². The summed E-state index contributed by atoms with van der Waals surface area (Å²) in [5.41, 5.74) is 5.10. The van der Waals surface area contributed by atoms with E-state index < -0.39 is 0 Å². The number of primary amides is 1. The van der Waals surface area contributed by atoms with Gasteiger partial charge in [0.2, 0.25) is 5.91 Å². The lowest BCUT2D eigenvalue weighted by Crippen LogP contribution is -2.16. The lowest BCUT2D eigenvalue weighted by Gasteiger charge is -2.05. The van der Waals surface area contributed by atoms with Gasteiger partial charge >= 0.3 is 0 Å². The van der Waals surface area contributed by atoms with Crippen molar-refractivity contribution in [3.8, 4) is 0 Å². The van der Waals surface area contributed by atoms with E-state index in [2.05, 4.69) is 12.2 Å². The summed E-state index contributed by atoms with van der Waals surface area (Å²) >= 11 is 0. The number of nitrogens with two attached hydrogens (primary N) is 1. The van der Waals surface area contributed by atoms with E-state index >= 15 is 0 Å². The third-order valence-corrected chi connectivity index (χ3v) is 4.23. The van der Waals surface area contributed by atoms with Gasteiger partial charge in [-0.2, -0.15) is 0 Å². The Morgan fingerprint density at radius 3 is 1.55 bits per heavy atom. The lowest BCUT2D eigenvalue weighted by atomic mass is 10.1. The Morgan fingerprint density at radius 2 is 1.09 bits per heavy atom. The molecule has 0 rings (SSSR count). The van der Waals surface area contributed by atoms with E-state index in [1.165, 1.54) is 70.6 Å². The van der Waals surface area contributed by atoms with Crippen LogP contribution in [0.15, 0.2) is 0 Å². The van der Waals surface area contributed by atoms with Gasteiger partial charge in [0.05, 0.1) is 0 Å². The van der Waals surface area contributed by atoms with Gasteiger partial charge in [-0.25, -0.2) is 0 Å². The SMILES string of the molecule is CCCCCCCCCCCCCNCCCCCC(N)=O. The summed E-state index contributed by atoms with van der Waals surface area (Å²) in [6, 6.07) is 0. The molecule has 0 aromatic carbocycles. The molecule has 0 fully saturated rings. The molecule has 0 aromatic heterocycles. The minimum absolute atomic E-state index is 0.172. The zero-order valence-electron chi connectivity index (χ0n) is 15.0. The van der Waals surface area contributed by atoms with Crippen LogP contribution < -0.4 is 11.1 Å². The molecule has 0 atom stereocenters. The summed E-state index contributed by atoms with van der Waals surface area (Å²) in [4.78, 5) is 10.6. The number of hydrogen-bond donors (Lipinski definition) is 2. The number of carbonyl (C=O) groups is 1. The van der Waals surface area contributed by atoms with Crippen LogP contribution in [-0.2, 0) is 4.79 Å². The monoisotopic (exact) mass is 312 g/mol. The zero-order chi connectivity index (χ0) is 16.3. The van der Waals surface area contributed by atoms with Crippen molar-refractivity contribution in [3.63, 3.8) is 0 Å². The van der Waals surface area contributed by atoms with Crippen LogP contribution in [-0.4, -0.2) is 19.0 Å². The van der Waals surface area contributed by atoms with E-state index in [0.29, 0.717) is 6.42 Å². The maximum absolute atomic E-state index is 10.6. The highest BCUT2D eigenvalue weighted by Crippen LogP contribution is 2.11. The van der Waals surface area contributed by atoms with Crippen LogP contribution >= 0.6 is 0 Å². The summed E-state index contributed by atoms with van der Waals surface area (Å²) in [5.74, 6) is -0.172. The van der Waals surface area contributed by atoms with Crippen molar-refractivity contribution >= 4 is 5.91 Å². The molecular weight excluding hydrogens is 272 g/mol. The molecule has 0 spiro atoms. The second kappa shape index (κ2) is 18.5. The molecule has 0 saturated carbocycles. The van der Waals surface area contributed by atoms with Gasteiger partial charge in [0.1, 0.15) is 0 Å². The number of amides is 1. The molecule has 0 unspecified atom stereocenters. The summed E-state index contributed by atoms with van der Waals surface area (Å²) in [7, 11) is 0. The van der Waals surface area contributed by atoms with Crippen molar-refractivity contribution in [2.45, 2.75) is 103 Å². The van der Waals surface area contributed by atoms with Gasteiger partial charge in [0, 0.05) is 6.42 Å². The van der Waals surface area contributed by atoms with Crippen LogP contribution in [0.25, 0.3) is 0 Å².